The Morgan fingerprint density at radius 3 is 2.07 bits per heavy atom. The molecule has 15 heavy (non-hydrogen) atoms. The largest absolute Gasteiger partial charge is 0.374 e. The fraction of sp³-hybridized carbons (Fsp3) is 0.917. The lowest BCUT2D eigenvalue weighted by Crippen LogP contribution is -2.19. The summed E-state index contributed by atoms with van der Waals surface area (Å²) in [5.74, 6) is 0.147. The van der Waals surface area contributed by atoms with Crippen LogP contribution in [0.5, 0.6) is 0 Å². The first-order valence-corrected chi connectivity index (χ1v) is 4.75. The van der Waals surface area contributed by atoms with Crippen molar-refractivity contribution in [3.05, 3.63) is 0 Å². The summed E-state index contributed by atoms with van der Waals surface area (Å²) in [5.41, 5.74) is 0. The third-order valence-corrected chi connectivity index (χ3v) is 2.06. The quantitative estimate of drug-likeness (QED) is 0.480. The van der Waals surface area contributed by atoms with Gasteiger partial charge in [-0.3, -0.25) is 4.79 Å². The van der Waals surface area contributed by atoms with Crippen LogP contribution in [0.2, 0.25) is 0 Å². The summed E-state index contributed by atoms with van der Waals surface area (Å²) in [6.07, 6.45) is 5.52. The minimum absolute atomic E-state index is 0. The molecule has 0 rings (SSSR count). The molecule has 0 spiro atoms. The van der Waals surface area contributed by atoms with Crippen LogP contribution in [0.15, 0.2) is 0 Å². The van der Waals surface area contributed by atoms with Gasteiger partial charge in [-0.15, -0.1) is 0 Å². The molecule has 1 atom stereocenters. The Morgan fingerprint density at radius 1 is 1.20 bits per heavy atom. The Hall–Kier alpha value is -0.305. The average molecular weight is 215 g/mol. The molecule has 1 unspecified atom stereocenters. The van der Waals surface area contributed by atoms with E-state index in [0.29, 0.717) is 0 Å². The van der Waals surface area contributed by atoms with Gasteiger partial charge in [0.1, 0.15) is 6.10 Å². The molecule has 0 N–H and O–H groups in total. The number of Topliss-reactive ketones (excluding diaryl/α,β-unsaturated/α-hetero) is 1. The van der Waals surface area contributed by atoms with Crippen LogP contribution >= 0.6 is 0 Å². The number of carbonyl (C=O) groups excluding carboxylic acids is 1. The minimum atomic E-state index is -0.165. The van der Waals surface area contributed by atoms with Gasteiger partial charge in [-0.25, -0.2) is 0 Å². The van der Waals surface area contributed by atoms with E-state index in [2.05, 4.69) is 6.92 Å². The smallest absolute Gasteiger partial charge is 0.158 e. The first kappa shape index (κ1) is 24.1. The van der Waals surface area contributed by atoms with Crippen LogP contribution < -0.4 is 0 Å². The zero-order chi connectivity index (χ0) is 9.40. The summed E-state index contributed by atoms with van der Waals surface area (Å²) in [7, 11) is 1.60. The lowest BCUT2D eigenvalue weighted by Gasteiger charge is -2.10. The summed E-state index contributed by atoms with van der Waals surface area (Å²) in [4.78, 5) is 10.9. The molecule has 0 heterocycles. The van der Waals surface area contributed by atoms with Crippen LogP contribution in [0.25, 0.3) is 0 Å². The number of unbranched alkanes of at least 4 members (excludes halogenated alkanes) is 3. The zero-order valence-electron chi connectivity index (χ0n) is 9.01. The van der Waals surface area contributed by atoms with E-state index in [1.807, 2.05) is 0 Å². The van der Waals surface area contributed by atoms with E-state index in [9.17, 15) is 4.79 Å². The van der Waals surface area contributed by atoms with E-state index in [0.717, 1.165) is 12.8 Å². The van der Waals surface area contributed by atoms with Crippen LogP contribution in [0.1, 0.15) is 60.8 Å². The van der Waals surface area contributed by atoms with Crippen LogP contribution in [0.4, 0.5) is 0 Å². The molecule has 0 saturated heterocycles. The van der Waals surface area contributed by atoms with Crippen molar-refractivity contribution in [1.82, 2.24) is 0 Å². The molecule has 0 bridgehead atoms. The van der Waals surface area contributed by atoms with Crippen molar-refractivity contribution in [2.45, 2.75) is 66.9 Å². The van der Waals surface area contributed by atoms with E-state index in [-0.39, 0.29) is 35.2 Å². The highest BCUT2D eigenvalue weighted by Crippen LogP contribution is 2.08. The number of carbonyl (C=O) groups is 1. The molecular formula is C12H28BO2. The molecule has 0 aliphatic rings. The molecule has 2 nitrogen and oxygen atoms in total. The molecule has 0 aromatic carbocycles. The van der Waals surface area contributed by atoms with Gasteiger partial charge in [0.25, 0.3) is 0 Å². The van der Waals surface area contributed by atoms with Gasteiger partial charge in [0, 0.05) is 15.5 Å². The average Bonchev–Trinajstić information content (AvgIpc) is 2.04. The van der Waals surface area contributed by atoms with Crippen molar-refractivity contribution in [2.75, 3.05) is 7.11 Å². The molecule has 0 aliphatic heterocycles. The van der Waals surface area contributed by atoms with Crippen molar-refractivity contribution in [2.24, 2.45) is 0 Å². The monoisotopic (exact) mass is 215 g/mol. The summed E-state index contributed by atoms with van der Waals surface area (Å²) < 4.78 is 5.04. The predicted octanol–water partition coefficient (Wildman–Crippen LogP) is 3.45. The Morgan fingerprint density at radius 2 is 1.73 bits per heavy atom. The molecule has 0 aromatic heterocycles. The Bertz CT molecular complexity index is 127. The first-order valence-electron chi connectivity index (χ1n) is 4.75. The van der Waals surface area contributed by atoms with E-state index < -0.39 is 0 Å². The highest BCUT2D eigenvalue weighted by molar-refractivity contribution is 5.80. The van der Waals surface area contributed by atoms with E-state index in [1.54, 1.807) is 14.0 Å². The van der Waals surface area contributed by atoms with Gasteiger partial charge in [-0.2, -0.15) is 0 Å². The number of ether oxygens (including phenoxy) is 1. The molecule has 3 radical (unpaired) electrons. The van der Waals surface area contributed by atoms with Gasteiger partial charge < -0.3 is 4.74 Å². The van der Waals surface area contributed by atoms with Gasteiger partial charge >= 0.3 is 0 Å². The zero-order valence-corrected chi connectivity index (χ0v) is 9.01. The topological polar surface area (TPSA) is 26.3 Å². The second kappa shape index (κ2) is 16.1. The lowest BCUT2D eigenvalue weighted by atomic mass is 10.1. The molecule has 3 heteroatoms. The number of hydrogen-bond acceptors (Lipinski definition) is 2. The Kier molecular flexibility index (Phi) is 25.9. The van der Waals surface area contributed by atoms with Gasteiger partial charge in [0.2, 0.25) is 0 Å². The van der Waals surface area contributed by atoms with Crippen molar-refractivity contribution in [3.8, 4) is 0 Å². The van der Waals surface area contributed by atoms with E-state index >= 15 is 0 Å². The van der Waals surface area contributed by atoms with Crippen LogP contribution in [0.3, 0.4) is 0 Å². The summed E-state index contributed by atoms with van der Waals surface area (Å²) >= 11 is 0. The molecule has 0 amide bonds. The maximum absolute atomic E-state index is 10.9. The standard InChI is InChI=1S/C10H20O2.2CH4.B/c1-4-5-6-7-8-10(12-3)9(2)11;;;/h10H,4-8H2,1-3H3;2*1H4;. The summed E-state index contributed by atoms with van der Waals surface area (Å²) in [5, 5.41) is 0. The third-order valence-electron chi connectivity index (χ3n) is 2.06. The molecule has 0 fully saturated rings. The predicted molar refractivity (Wildman–Crippen MR) is 69.5 cm³/mol. The van der Waals surface area contributed by atoms with Crippen LogP contribution in [-0.4, -0.2) is 27.4 Å². The first-order chi connectivity index (χ1) is 5.72. The van der Waals surface area contributed by atoms with Crippen LogP contribution in [-0.2, 0) is 9.53 Å². The molecule has 0 aliphatic carbocycles. The Balaban J connectivity index is -0.000000202. The SMILES string of the molecule is C.C.CCCCCCC(OC)C(C)=O.[B]. The Labute approximate surface area is 98.4 Å². The second-order valence-corrected chi connectivity index (χ2v) is 3.18. The maximum Gasteiger partial charge on any atom is 0.158 e. The highest BCUT2D eigenvalue weighted by Gasteiger charge is 2.11. The van der Waals surface area contributed by atoms with Gasteiger partial charge in [0.15, 0.2) is 5.78 Å². The molecule has 91 valence electrons. The normalized spacial score (nSPS) is 10.3. The minimum Gasteiger partial charge on any atom is -0.374 e. The third kappa shape index (κ3) is 13.7. The van der Waals surface area contributed by atoms with E-state index in [4.69, 9.17) is 4.74 Å². The van der Waals surface area contributed by atoms with E-state index in [1.165, 1.54) is 19.3 Å². The maximum atomic E-state index is 10.9. The number of ketones is 1. The van der Waals surface area contributed by atoms with Crippen molar-refractivity contribution in [3.63, 3.8) is 0 Å². The van der Waals surface area contributed by atoms with Crippen molar-refractivity contribution < 1.29 is 9.53 Å². The second-order valence-electron chi connectivity index (χ2n) is 3.18. The summed E-state index contributed by atoms with van der Waals surface area (Å²) in [6.45, 7) is 3.77. The van der Waals surface area contributed by atoms with Gasteiger partial charge in [-0.05, 0) is 13.3 Å². The fourth-order valence-corrected chi connectivity index (χ4v) is 1.24. The van der Waals surface area contributed by atoms with Crippen molar-refractivity contribution in [1.29, 1.82) is 0 Å². The molecule has 0 aromatic rings. The molecule has 0 saturated carbocycles. The summed E-state index contributed by atoms with van der Waals surface area (Å²) in [6, 6.07) is 0. The number of rotatable bonds is 7. The number of hydrogen-bond donors (Lipinski definition) is 0. The van der Waals surface area contributed by atoms with Gasteiger partial charge in [-0.1, -0.05) is 47.5 Å². The highest BCUT2D eigenvalue weighted by atomic mass is 16.5. The van der Waals surface area contributed by atoms with Crippen LogP contribution in [0, 0.1) is 0 Å². The fourth-order valence-electron chi connectivity index (χ4n) is 1.24. The van der Waals surface area contributed by atoms with Crippen molar-refractivity contribution >= 4 is 14.2 Å². The lowest BCUT2D eigenvalue weighted by molar-refractivity contribution is -0.127. The number of methoxy groups -OCH3 is 1. The van der Waals surface area contributed by atoms with Gasteiger partial charge in [0.05, 0.1) is 0 Å². The molecular weight excluding hydrogens is 187 g/mol.